The van der Waals surface area contributed by atoms with E-state index in [2.05, 4.69) is 15.3 Å². The maximum absolute atomic E-state index is 5.59. The second-order valence-corrected chi connectivity index (χ2v) is 5.69. The SMILES string of the molecule is CCOc1ccccc1/C=N\n1c(-c2cccs2)n[nH]c1=S. The van der Waals surface area contributed by atoms with E-state index >= 15 is 0 Å². The number of hydrogen-bond donors (Lipinski definition) is 1. The smallest absolute Gasteiger partial charge is 0.216 e. The third-order valence-corrected chi connectivity index (χ3v) is 4.05. The minimum absolute atomic E-state index is 0.452. The van der Waals surface area contributed by atoms with E-state index in [1.54, 1.807) is 22.2 Å². The molecule has 0 aliphatic rings. The van der Waals surface area contributed by atoms with E-state index in [1.165, 1.54) is 0 Å². The minimum atomic E-state index is 0.452. The summed E-state index contributed by atoms with van der Waals surface area (Å²) in [6.45, 7) is 2.56. The van der Waals surface area contributed by atoms with E-state index in [0.717, 1.165) is 16.2 Å². The molecule has 0 spiro atoms. The fourth-order valence-electron chi connectivity index (χ4n) is 1.96. The lowest BCUT2D eigenvalue weighted by molar-refractivity contribution is 0.340. The van der Waals surface area contributed by atoms with Crippen LogP contribution in [-0.2, 0) is 0 Å². The van der Waals surface area contributed by atoms with Crippen molar-refractivity contribution in [1.29, 1.82) is 0 Å². The van der Waals surface area contributed by atoms with Crippen molar-refractivity contribution in [2.75, 3.05) is 6.61 Å². The second-order valence-electron chi connectivity index (χ2n) is 4.36. The van der Waals surface area contributed by atoms with Gasteiger partial charge < -0.3 is 4.74 Å². The van der Waals surface area contributed by atoms with Crippen LogP contribution in [0.3, 0.4) is 0 Å². The fourth-order valence-corrected chi connectivity index (χ4v) is 2.84. The molecule has 1 aromatic carbocycles. The summed E-state index contributed by atoms with van der Waals surface area (Å²) in [4.78, 5) is 1.00. The molecule has 0 aliphatic heterocycles. The van der Waals surface area contributed by atoms with E-state index in [9.17, 15) is 0 Å². The summed E-state index contributed by atoms with van der Waals surface area (Å²) in [6.07, 6.45) is 1.73. The number of benzene rings is 1. The first-order valence-electron chi connectivity index (χ1n) is 6.77. The van der Waals surface area contributed by atoms with Crippen LogP contribution < -0.4 is 4.74 Å². The van der Waals surface area contributed by atoms with Crippen molar-refractivity contribution >= 4 is 29.8 Å². The molecule has 0 unspecified atom stereocenters. The first kappa shape index (κ1) is 14.7. The van der Waals surface area contributed by atoms with Crippen molar-refractivity contribution in [2.45, 2.75) is 6.92 Å². The van der Waals surface area contributed by atoms with Crippen molar-refractivity contribution in [3.05, 3.63) is 52.1 Å². The number of nitrogens with zero attached hydrogens (tertiary/aromatic N) is 3. The van der Waals surface area contributed by atoms with Gasteiger partial charge in [-0.25, -0.2) is 5.10 Å². The molecule has 2 heterocycles. The van der Waals surface area contributed by atoms with Gasteiger partial charge in [0.15, 0.2) is 5.82 Å². The van der Waals surface area contributed by atoms with E-state index < -0.39 is 0 Å². The molecule has 7 heteroatoms. The van der Waals surface area contributed by atoms with Gasteiger partial charge >= 0.3 is 0 Å². The summed E-state index contributed by atoms with van der Waals surface area (Å²) in [5, 5.41) is 13.5. The summed E-state index contributed by atoms with van der Waals surface area (Å²) < 4.78 is 7.66. The topological polar surface area (TPSA) is 55.2 Å². The molecular weight excluding hydrogens is 316 g/mol. The van der Waals surface area contributed by atoms with Crippen LogP contribution in [0.2, 0.25) is 0 Å². The molecule has 0 bridgehead atoms. The molecule has 5 nitrogen and oxygen atoms in total. The number of nitrogens with one attached hydrogen (secondary N) is 1. The molecule has 3 aromatic rings. The third kappa shape index (κ3) is 3.00. The lowest BCUT2D eigenvalue weighted by atomic mass is 10.2. The molecule has 2 aromatic heterocycles. The van der Waals surface area contributed by atoms with Gasteiger partial charge in [-0.3, -0.25) is 0 Å². The maximum atomic E-state index is 5.59. The highest BCUT2D eigenvalue weighted by atomic mass is 32.1. The monoisotopic (exact) mass is 330 g/mol. The Labute approximate surface area is 136 Å². The predicted octanol–water partition coefficient (Wildman–Crippen LogP) is 3.95. The second kappa shape index (κ2) is 6.67. The average molecular weight is 330 g/mol. The predicted molar refractivity (Wildman–Crippen MR) is 91.3 cm³/mol. The quantitative estimate of drug-likeness (QED) is 0.569. The number of aromatic nitrogens is 3. The molecule has 0 amide bonds. The molecule has 22 heavy (non-hydrogen) atoms. The molecule has 0 saturated carbocycles. The van der Waals surface area contributed by atoms with E-state index in [-0.39, 0.29) is 0 Å². The van der Waals surface area contributed by atoms with Crippen molar-refractivity contribution in [1.82, 2.24) is 14.9 Å². The number of aromatic amines is 1. The largest absolute Gasteiger partial charge is 0.493 e. The Balaban J connectivity index is 1.97. The number of rotatable bonds is 5. The van der Waals surface area contributed by atoms with Gasteiger partial charge in [0.1, 0.15) is 5.75 Å². The van der Waals surface area contributed by atoms with E-state index in [4.69, 9.17) is 17.0 Å². The number of H-pyrrole nitrogens is 1. The van der Waals surface area contributed by atoms with Crippen LogP contribution in [0, 0.1) is 4.77 Å². The Morgan fingerprint density at radius 2 is 2.23 bits per heavy atom. The van der Waals surface area contributed by atoms with Crippen LogP contribution in [0.25, 0.3) is 10.7 Å². The molecule has 0 saturated heterocycles. The van der Waals surface area contributed by atoms with Gasteiger partial charge in [0.05, 0.1) is 17.7 Å². The number of para-hydroxylation sites is 1. The minimum Gasteiger partial charge on any atom is -0.493 e. The number of ether oxygens (including phenoxy) is 1. The molecule has 112 valence electrons. The van der Waals surface area contributed by atoms with Crippen molar-refractivity contribution in [3.63, 3.8) is 0 Å². The molecule has 0 aliphatic carbocycles. The Kier molecular flexibility index (Phi) is 4.45. The van der Waals surface area contributed by atoms with Gasteiger partial charge in [0.2, 0.25) is 4.77 Å². The Morgan fingerprint density at radius 1 is 1.36 bits per heavy atom. The zero-order valence-corrected chi connectivity index (χ0v) is 13.5. The van der Waals surface area contributed by atoms with Gasteiger partial charge in [0.25, 0.3) is 0 Å². The van der Waals surface area contributed by atoms with E-state index in [1.807, 2.05) is 48.7 Å². The van der Waals surface area contributed by atoms with Gasteiger partial charge in [0, 0.05) is 5.56 Å². The summed E-state index contributed by atoms with van der Waals surface area (Å²) in [5.41, 5.74) is 0.893. The van der Waals surface area contributed by atoms with Gasteiger partial charge in [-0.15, -0.1) is 11.3 Å². The van der Waals surface area contributed by atoms with Gasteiger partial charge in [-0.05, 0) is 42.7 Å². The van der Waals surface area contributed by atoms with Crippen LogP contribution in [0.5, 0.6) is 5.75 Å². The Bertz CT molecular complexity index is 833. The molecule has 0 radical (unpaired) electrons. The van der Waals surface area contributed by atoms with Crippen molar-refractivity contribution in [3.8, 4) is 16.5 Å². The zero-order valence-electron chi connectivity index (χ0n) is 11.9. The summed E-state index contributed by atoms with van der Waals surface area (Å²) >= 11 is 6.84. The van der Waals surface area contributed by atoms with Crippen molar-refractivity contribution < 1.29 is 4.74 Å². The molecule has 0 fully saturated rings. The zero-order chi connectivity index (χ0) is 15.4. The van der Waals surface area contributed by atoms with E-state index in [0.29, 0.717) is 17.2 Å². The normalized spacial score (nSPS) is 11.1. The lowest BCUT2D eigenvalue weighted by Gasteiger charge is -2.05. The van der Waals surface area contributed by atoms with Crippen LogP contribution in [0.1, 0.15) is 12.5 Å². The number of thiophene rings is 1. The highest BCUT2D eigenvalue weighted by Crippen LogP contribution is 2.23. The maximum Gasteiger partial charge on any atom is 0.216 e. The summed E-state index contributed by atoms with van der Waals surface area (Å²) in [7, 11) is 0. The highest BCUT2D eigenvalue weighted by Gasteiger charge is 2.09. The summed E-state index contributed by atoms with van der Waals surface area (Å²) in [5.74, 6) is 1.49. The van der Waals surface area contributed by atoms with Crippen LogP contribution in [0.15, 0.2) is 46.9 Å². The Hall–Kier alpha value is -2.25. The molecule has 1 N–H and O–H groups in total. The van der Waals surface area contributed by atoms with Crippen LogP contribution in [-0.4, -0.2) is 27.7 Å². The molecule has 0 atom stereocenters. The molecular formula is C15H14N4OS2. The highest BCUT2D eigenvalue weighted by molar-refractivity contribution is 7.71. The fraction of sp³-hybridized carbons (Fsp3) is 0.133. The van der Waals surface area contributed by atoms with Gasteiger partial charge in [-0.1, -0.05) is 18.2 Å². The Morgan fingerprint density at radius 3 is 3.00 bits per heavy atom. The van der Waals surface area contributed by atoms with Crippen molar-refractivity contribution in [2.24, 2.45) is 5.10 Å². The van der Waals surface area contributed by atoms with Gasteiger partial charge in [-0.2, -0.15) is 14.9 Å². The number of hydrogen-bond acceptors (Lipinski definition) is 5. The average Bonchev–Trinajstić information content (AvgIpc) is 3.16. The lowest BCUT2D eigenvalue weighted by Crippen LogP contribution is -1.98. The summed E-state index contributed by atoms with van der Waals surface area (Å²) in [6, 6.07) is 11.7. The molecule has 3 rings (SSSR count). The van der Waals surface area contributed by atoms with Crippen LogP contribution >= 0.6 is 23.6 Å². The van der Waals surface area contributed by atoms with Crippen LogP contribution in [0.4, 0.5) is 0 Å². The standard InChI is InChI=1S/C15H14N4OS2/c1-2-20-12-7-4-3-6-11(12)10-16-19-14(17-18-15(19)21)13-8-5-9-22-13/h3-10H,2H2,1H3,(H,18,21)/b16-10-. The third-order valence-electron chi connectivity index (χ3n) is 2.92. The first-order valence-corrected chi connectivity index (χ1v) is 8.06. The first-order chi connectivity index (χ1) is 10.8.